The van der Waals surface area contributed by atoms with Gasteiger partial charge in [-0.2, -0.15) is 0 Å². The molecule has 0 spiro atoms. The molecule has 1 rings (SSSR count). The van der Waals surface area contributed by atoms with Crippen LogP contribution in [0.2, 0.25) is 0 Å². The van der Waals surface area contributed by atoms with Crippen LogP contribution in [0.25, 0.3) is 0 Å². The number of hydrogen-bond donors (Lipinski definition) is 1. The summed E-state index contributed by atoms with van der Waals surface area (Å²) in [6.45, 7) is 1.39. The van der Waals surface area contributed by atoms with Gasteiger partial charge in [0.15, 0.2) is 0 Å². The number of carbonyl (C=O) groups excluding carboxylic acids is 1. The van der Waals surface area contributed by atoms with E-state index in [0.717, 1.165) is 12.1 Å². The molecule has 3 nitrogen and oxygen atoms in total. The minimum atomic E-state index is -5.18. The molecule has 21 heavy (non-hydrogen) atoms. The first-order chi connectivity index (χ1) is 8.95. The molecule has 0 aliphatic heterocycles. The van der Waals surface area contributed by atoms with Gasteiger partial charge in [-0.25, -0.2) is 4.79 Å². The summed E-state index contributed by atoms with van der Waals surface area (Å²) in [5, 5.41) is 2.67. The number of benzene rings is 1. The molecule has 0 saturated carbocycles. The Bertz CT molecular complexity index is 527. The Labute approximate surface area is 165 Å². The molecule has 0 atom stereocenters. The maximum atomic E-state index is 12.9. The third kappa shape index (κ3) is 5.94. The van der Waals surface area contributed by atoms with Crippen LogP contribution in [0, 0.1) is 6.92 Å². The summed E-state index contributed by atoms with van der Waals surface area (Å²) in [6.07, 6.45) is 0. The molecular weight excluding hydrogens is 309 g/mol. The summed E-state index contributed by atoms with van der Waals surface area (Å²) >= 11 is 0. The fraction of sp³-hybridized carbons (Fsp3) is 0.462. The van der Waals surface area contributed by atoms with E-state index in [4.69, 9.17) is 4.74 Å². The molecule has 0 saturated heterocycles. The van der Waals surface area contributed by atoms with Gasteiger partial charge in [-0.15, -0.1) is 5.46 Å². The Hall–Kier alpha value is -0.0187. The molecule has 0 unspecified atom stereocenters. The van der Waals surface area contributed by atoms with Crippen molar-refractivity contribution in [3.63, 3.8) is 0 Å². The van der Waals surface area contributed by atoms with Gasteiger partial charge in [0.05, 0.1) is 5.56 Å². The summed E-state index contributed by atoms with van der Waals surface area (Å²) in [7, 11) is 1.51. The van der Waals surface area contributed by atoms with Crippen molar-refractivity contribution in [2.24, 2.45) is 0 Å². The Morgan fingerprint density at radius 1 is 1.24 bits per heavy atom. The van der Waals surface area contributed by atoms with Crippen molar-refractivity contribution in [1.29, 1.82) is 0 Å². The van der Waals surface area contributed by atoms with Gasteiger partial charge in [0, 0.05) is 12.7 Å². The molecule has 0 amide bonds. The second-order valence-electron chi connectivity index (χ2n) is 5.57. The van der Waals surface area contributed by atoms with E-state index in [9.17, 15) is 17.7 Å². The fourth-order valence-corrected chi connectivity index (χ4v) is 1.73. The minimum absolute atomic E-state index is 0. The summed E-state index contributed by atoms with van der Waals surface area (Å²) in [6, 6.07) is 1.85. The molecule has 0 bridgehead atoms. The monoisotopic (exact) mass is 327 g/mol. The summed E-state index contributed by atoms with van der Waals surface area (Å²) in [5.41, 5.74) is -0.946. The molecule has 8 heteroatoms. The van der Waals surface area contributed by atoms with Crippen LogP contribution in [-0.2, 0) is 4.74 Å². The Morgan fingerprint density at radius 2 is 1.76 bits per heavy atom. The first-order valence-electron chi connectivity index (χ1n) is 6.21. The van der Waals surface area contributed by atoms with E-state index in [2.05, 4.69) is 5.32 Å². The summed E-state index contributed by atoms with van der Waals surface area (Å²) in [5.74, 6) is -0.756. The topological polar surface area (TPSA) is 38.3 Å². The second kappa shape index (κ2) is 7.50. The average Bonchev–Trinajstić information content (AvgIpc) is 2.25. The molecular formula is C13H18BF3KNO2. The Morgan fingerprint density at radius 3 is 2.14 bits per heavy atom. The Balaban J connectivity index is 0.00000400. The molecule has 112 valence electrons. The maximum Gasteiger partial charge on any atom is 1.00 e. The molecule has 0 aliphatic carbocycles. The van der Waals surface area contributed by atoms with Gasteiger partial charge in [-0.1, -0.05) is 12.1 Å². The zero-order valence-corrected chi connectivity index (χ0v) is 16.3. The van der Waals surface area contributed by atoms with Crippen LogP contribution in [0.4, 0.5) is 18.6 Å². The number of ether oxygens (including phenoxy) is 1. The van der Waals surface area contributed by atoms with E-state index in [-0.39, 0.29) is 62.6 Å². The fourth-order valence-electron chi connectivity index (χ4n) is 1.73. The van der Waals surface area contributed by atoms with Crippen molar-refractivity contribution in [3.05, 3.63) is 23.3 Å². The molecule has 1 aromatic rings. The van der Waals surface area contributed by atoms with E-state index in [0.29, 0.717) is 5.56 Å². The second-order valence-corrected chi connectivity index (χ2v) is 5.57. The number of carbonyl (C=O) groups is 1. The number of anilines is 1. The average molecular weight is 327 g/mol. The number of nitrogens with one attached hydrogen (secondary N) is 1. The van der Waals surface area contributed by atoms with Gasteiger partial charge in [-0.3, -0.25) is 0 Å². The predicted octanol–water partition coefficient (Wildman–Crippen LogP) is 0.0504. The summed E-state index contributed by atoms with van der Waals surface area (Å²) < 4.78 is 43.8. The van der Waals surface area contributed by atoms with Crippen LogP contribution in [0.15, 0.2) is 12.1 Å². The Kier molecular flexibility index (Phi) is 7.49. The van der Waals surface area contributed by atoms with Crippen LogP contribution < -0.4 is 62.2 Å². The number of hydrogen-bond acceptors (Lipinski definition) is 3. The third-order valence-corrected chi connectivity index (χ3v) is 2.70. The van der Waals surface area contributed by atoms with Gasteiger partial charge >= 0.3 is 64.3 Å². The molecule has 0 aliphatic rings. The smallest absolute Gasteiger partial charge is 0.456 e. The number of rotatable bonds is 3. The molecule has 1 N–H and O–H groups in total. The zero-order valence-electron chi connectivity index (χ0n) is 13.2. The van der Waals surface area contributed by atoms with E-state index in [1.807, 2.05) is 0 Å². The SMILES string of the molecule is CNc1cc([B-](F)(F)F)cc(C(=O)OC(C)(C)C)c1C.[K+]. The van der Waals surface area contributed by atoms with E-state index in [1.165, 1.54) is 7.05 Å². The minimum Gasteiger partial charge on any atom is -0.456 e. The van der Waals surface area contributed by atoms with E-state index < -0.39 is 24.0 Å². The van der Waals surface area contributed by atoms with Crippen LogP contribution in [-0.4, -0.2) is 25.6 Å². The van der Waals surface area contributed by atoms with Crippen LogP contribution in [0.1, 0.15) is 36.7 Å². The van der Waals surface area contributed by atoms with Gasteiger partial charge in [-0.05, 0) is 33.3 Å². The standard InChI is InChI=1S/C13H18BF3NO2.K/c1-8-10(12(19)20-13(2,3)4)6-9(14(15,16)17)7-11(8)18-5;/h6-7,18H,1-5H3;/q-1;+1. The normalized spacial score (nSPS) is 11.6. The van der Waals surface area contributed by atoms with E-state index in [1.54, 1.807) is 27.7 Å². The predicted molar refractivity (Wildman–Crippen MR) is 74.6 cm³/mol. The molecule has 0 heterocycles. The molecule has 0 radical (unpaired) electrons. The molecule has 0 aromatic heterocycles. The van der Waals surface area contributed by atoms with Crippen molar-refractivity contribution in [2.45, 2.75) is 33.3 Å². The van der Waals surface area contributed by atoms with Crippen molar-refractivity contribution in [3.8, 4) is 0 Å². The van der Waals surface area contributed by atoms with Crippen molar-refractivity contribution < 1.29 is 73.9 Å². The first-order valence-corrected chi connectivity index (χ1v) is 6.21. The quantitative estimate of drug-likeness (QED) is 0.630. The van der Waals surface area contributed by atoms with Crippen LogP contribution >= 0.6 is 0 Å². The van der Waals surface area contributed by atoms with Gasteiger partial charge in [0.2, 0.25) is 0 Å². The van der Waals surface area contributed by atoms with Crippen molar-refractivity contribution >= 4 is 24.1 Å². The third-order valence-electron chi connectivity index (χ3n) is 2.70. The van der Waals surface area contributed by atoms with Gasteiger partial charge < -0.3 is 23.0 Å². The first kappa shape index (κ1) is 21.0. The van der Waals surface area contributed by atoms with Gasteiger partial charge in [0.1, 0.15) is 5.60 Å². The number of esters is 1. The van der Waals surface area contributed by atoms with Crippen LogP contribution in [0.5, 0.6) is 0 Å². The maximum absolute atomic E-state index is 12.9. The van der Waals surface area contributed by atoms with Crippen molar-refractivity contribution in [2.75, 3.05) is 12.4 Å². The molecule has 0 fully saturated rings. The van der Waals surface area contributed by atoms with Crippen molar-refractivity contribution in [1.82, 2.24) is 0 Å². The zero-order chi connectivity index (χ0) is 15.7. The van der Waals surface area contributed by atoms with Gasteiger partial charge in [0.25, 0.3) is 0 Å². The molecule has 1 aromatic carbocycles. The number of halogens is 3. The van der Waals surface area contributed by atoms with Crippen LogP contribution in [0.3, 0.4) is 0 Å². The largest absolute Gasteiger partial charge is 1.00 e. The summed E-state index contributed by atoms with van der Waals surface area (Å²) in [4.78, 5) is 12.0. The van der Waals surface area contributed by atoms with E-state index >= 15 is 0 Å².